The second-order valence-electron chi connectivity index (χ2n) is 2.90. The van der Waals surface area contributed by atoms with Crippen LogP contribution >= 0.6 is 45.2 Å². The molecule has 2 aromatic heterocycles. The largest absolute Gasteiger partial charge is 0.298 e. The van der Waals surface area contributed by atoms with Gasteiger partial charge in [0.25, 0.3) is 0 Å². The first-order valence-electron chi connectivity index (χ1n) is 4.01. The number of carbonyl (C=O) groups excluding carboxylic acids is 1. The highest BCUT2D eigenvalue weighted by molar-refractivity contribution is 14.1. The van der Waals surface area contributed by atoms with Crippen molar-refractivity contribution in [1.82, 2.24) is 19.3 Å². The molecule has 0 unspecified atom stereocenters. The molecular formula is C8H6I2N4O. The highest BCUT2D eigenvalue weighted by Gasteiger charge is 2.13. The number of aryl methyl sites for hydroxylation is 1. The molecule has 15 heavy (non-hydrogen) atoms. The number of imidazole rings is 1. The fourth-order valence-corrected chi connectivity index (χ4v) is 2.10. The summed E-state index contributed by atoms with van der Waals surface area (Å²) in [6, 6.07) is 0. The van der Waals surface area contributed by atoms with E-state index in [1.54, 1.807) is 28.8 Å². The number of carbonyl (C=O) groups is 1. The van der Waals surface area contributed by atoms with Crippen LogP contribution in [0.3, 0.4) is 0 Å². The van der Waals surface area contributed by atoms with Crippen molar-refractivity contribution in [2.45, 2.75) is 0 Å². The van der Waals surface area contributed by atoms with Crippen LogP contribution in [0.1, 0.15) is 10.4 Å². The van der Waals surface area contributed by atoms with Gasteiger partial charge in [-0.25, -0.2) is 4.98 Å². The lowest BCUT2D eigenvalue weighted by molar-refractivity contribution is 0.112. The number of hydrogen-bond acceptors (Lipinski definition) is 3. The van der Waals surface area contributed by atoms with Gasteiger partial charge < -0.3 is 0 Å². The van der Waals surface area contributed by atoms with E-state index in [4.69, 9.17) is 0 Å². The second-order valence-corrected chi connectivity index (χ2v) is 4.94. The lowest BCUT2D eigenvalue weighted by Gasteiger charge is -1.99. The summed E-state index contributed by atoms with van der Waals surface area (Å²) in [6.07, 6.45) is 4.15. The zero-order chi connectivity index (χ0) is 11.0. The molecule has 0 aliphatic carbocycles. The Bertz CT molecular complexity index is 517. The molecule has 2 aromatic rings. The summed E-state index contributed by atoms with van der Waals surface area (Å²) >= 11 is 4.31. The van der Waals surface area contributed by atoms with Crippen molar-refractivity contribution < 1.29 is 4.79 Å². The molecule has 0 bridgehead atoms. The van der Waals surface area contributed by atoms with Gasteiger partial charge in [-0.2, -0.15) is 5.10 Å². The van der Waals surface area contributed by atoms with Crippen LogP contribution in [0.2, 0.25) is 0 Å². The average Bonchev–Trinajstić information content (AvgIpc) is 2.72. The van der Waals surface area contributed by atoms with Gasteiger partial charge >= 0.3 is 0 Å². The van der Waals surface area contributed by atoms with Crippen LogP contribution in [-0.2, 0) is 7.05 Å². The number of nitrogens with zero attached hydrogens (tertiary/aromatic N) is 4. The van der Waals surface area contributed by atoms with Gasteiger partial charge in [0.1, 0.15) is 13.7 Å². The highest BCUT2D eigenvalue weighted by atomic mass is 127. The molecule has 0 aliphatic heterocycles. The first-order chi connectivity index (χ1) is 7.13. The van der Waals surface area contributed by atoms with Gasteiger partial charge in [-0.05, 0) is 45.2 Å². The molecule has 0 saturated carbocycles. The molecule has 0 N–H and O–H groups in total. The number of aromatic nitrogens is 4. The SMILES string of the molecule is Cn1cc(C=O)c(-n2cnc(I)c2I)n1. The normalized spacial score (nSPS) is 10.6. The van der Waals surface area contributed by atoms with E-state index in [-0.39, 0.29) is 0 Å². The van der Waals surface area contributed by atoms with E-state index >= 15 is 0 Å². The Hall–Kier alpha value is -0.450. The summed E-state index contributed by atoms with van der Waals surface area (Å²) in [4.78, 5) is 15.0. The van der Waals surface area contributed by atoms with Crippen molar-refractivity contribution in [3.8, 4) is 5.82 Å². The monoisotopic (exact) mass is 428 g/mol. The highest BCUT2D eigenvalue weighted by Crippen LogP contribution is 2.19. The molecule has 0 atom stereocenters. The van der Waals surface area contributed by atoms with Gasteiger partial charge in [0.15, 0.2) is 12.1 Å². The molecule has 7 heteroatoms. The Labute approximate surface area is 113 Å². The third kappa shape index (κ3) is 1.94. The van der Waals surface area contributed by atoms with E-state index in [2.05, 4.69) is 55.3 Å². The molecule has 0 aliphatic rings. The van der Waals surface area contributed by atoms with Gasteiger partial charge in [-0.3, -0.25) is 14.0 Å². The van der Waals surface area contributed by atoms with Gasteiger partial charge in [0, 0.05) is 13.2 Å². The Morgan fingerprint density at radius 2 is 2.20 bits per heavy atom. The van der Waals surface area contributed by atoms with Crippen molar-refractivity contribution in [2.24, 2.45) is 7.05 Å². The lowest BCUT2D eigenvalue weighted by atomic mass is 10.3. The van der Waals surface area contributed by atoms with Gasteiger partial charge in [-0.15, -0.1) is 0 Å². The molecule has 5 nitrogen and oxygen atoms in total. The van der Waals surface area contributed by atoms with E-state index < -0.39 is 0 Å². The van der Waals surface area contributed by atoms with E-state index in [0.29, 0.717) is 11.4 Å². The van der Waals surface area contributed by atoms with Crippen molar-refractivity contribution in [3.05, 3.63) is 25.5 Å². The third-order valence-corrected chi connectivity index (χ3v) is 4.71. The standard InChI is InChI=1S/C8H6I2N4O/c1-13-2-5(3-15)8(12-13)14-4-11-6(9)7(14)10/h2-4H,1H3. The Balaban J connectivity index is 2.62. The van der Waals surface area contributed by atoms with Crippen LogP contribution in [0, 0.1) is 7.40 Å². The molecule has 0 amide bonds. The summed E-state index contributed by atoms with van der Waals surface area (Å²) in [5, 5.41) is 4.23. The van der Waals surface area contributed by atoms with Crippen LogP contribution in [0.25, 0.3) is 5.82 Å². The summed E-state index contributed by atoms with van der Waals surface area (Å²) in [5.41, 5.74) is 0.559. The minimum atomic E-state index is 0.559. The van der Waals surface area contributed by atoms with E-state index in [0.717, 1.165) is 13.7 Å². The quantitative estimate of drug-likeness (QED) is 0.540. The second kappa shape index (κ2) is 4.20. The van der Waals surface area contributed by atoms with Gasteiger partial charge in [0.2, 0.25) is 0 Å². The van der Waals surface area contributed by atoms with Crippen LogP contribution in [0.5, 0.6) is 0 Å². The summed E-state index contributed by atoms with van der Waals surface area (Å²) < 4.78 is 5.26. The number of rotatable bonds is 2. The molecule has 0 radical (unpaired) electrons. The minimum absolute atomic E-state index is 0.559. The van der Waals surface area contributed by atoms with Crippen molar-refractivity contribution in [1.29, 1.82) is 0 Å². The summed E-state index contributed by atoms with van der Waals surface area (Å²) in [7, 11) is 1.78. The summed E-state index contributed by atoms with van der Waals surface area (Å²) in [6.45, 7) is 0. The van der Waals surface area contributed by atoms with Crippen LogP contribution < -0.4 is 0 Å². The number of halogens is 2. The van der Waals surface area contributed by atoms with Gasteiger partial charge in [0.05, 0.1) is 5.56 Å². The number of hydrogen-bond donors (Lipinski definition) is 0. The number of aldehydes is 1. The topological polar surface area (TPSA) is 52.7 Å². The first-order valence-corrected chi connectivity index (χ1v) is 6.16. The third-order valence-electron chi connectivity index (χ3n) is 1.86. The molecular weight excluding hydrogens is 422 g/mol. The molecule has 0 saturated heterocycles. The zero-order valence-corrected chi connectivity index (χ0v) is 12.0. The average molecular weight is 428 g/mol. The fourth-order valence-electron chi connectivity index (χ4n) is 1.22. The van der Waals surface area contributed by atoms with Gasteiger partial charge in [-0.1, -0.05) is 0 Å². The maximum atomic E-state index is 10.8. The zero-order valence-electron chi connectivity index (χ0n) is 7.69. The predicted octanol–water partition coefficient (Wildman–Crippen LogP) is 1.63. The van der Waals surface area contributed by atoms with Crippen LogP contribution in [0.15, 0.2) is 12.5 Å². The molecule has 0 spiro atoms. The smallest absolute Gasteiger partial charge is 0.171 e. The molecule has 2 rings (SSSR count). The van der Waals surface area contributed by atoms with Crippen LogP contribution in [0.4, 0.5) is 0 Å². The Morgan fingerprint density at radius 3 is 2.73 bits per heavy atom. The maximum absolute atomic E-state index is 10.8. The van der Waals surface area contributed by atoms with E-state index in [9.17, 15) is 4.79 Å². The van der Waals surface area contributed by atoms with E-state index in [1.165, 1.54) is 0 Å². The first kappa shape index (κ1) is 11.0. The molecule has 2 heterocycles. The minimum Gasteiger partial charge on any atom is -0.298 e. The lowest BCUT2D eigenvalue weighted by Crippen LogP contribution is -2.00. The molecule has 78 valence electrons. The Morgan fingerprint density at radius 1 is 1.47 bits per heavy atom. The Kier molecular flexibility index (Phi) is 3.09. The fraction of sp³-hybridized carbons (Fsp3) is 0.125. The van der Waals surface area contributed by atoms with Crippen molar-refractivity contribution in [3.63, 3.8) is 0 Å². The van der Waals surface area contributed by atoms with E-state index in [1.807, 2.05) is 0 Å². The maximum Gasteiger partial charge on any atom is 0.171 e. The predicted molar refractivity (Wildman–Crippen MR) is 71.2 cm³/mol. The summed E-state index contributed by atoms with van der Waals surface area (Å²) in [5.74, 6) is 0.618. The van der Waals surface area contributed by atoms with Crippen molar-refractivity contribution >= 4 is 51.5 Å². The molecule has 0 fully saturated rings. The van der Waals surface area contributed by atoms with Crippen LogP contribution in [-0.4, -0.2) is 25.6 Å². The van der Waals surface area contributed by atoms with Crippen molar-refractivity contribution in [2.75, 3.05) is 0 Å². The molecule has 0 aromatic carbocycles.